The van der Waals surface area contributed by atoms with E-state index in [-0.39, 0.29) is 21.4 Å². The third-order valence-corrected chi connectivity index (χ3v) is 9.32. The van der Waals surface area contributed by atoms with Gasteiger partial charge in [0.2, 0.25) is 10.0 Å². The first kappa shape index (κ1) is 22.2. The molecule has 3 rings (SSSR count). The van der Waals surface area contributed by atoms with Crippen molar-refractivity contribution < 1.29 is 26.3 Å². The number of rotatable bonds is 9. The highest BCUT2D eigenvalue weighted by molar-refractivity contribution is 7.93. The predicted octanol–water partition coefficient (Wildman–Crippen LogP) is 2.65. The zero-order valence-corrected chi connectivity index (χ0v) is 18.6. The molecule has 160 valence electrons. The summed E-state index contributed by atoms with van der Waals surface area (Å²) in [5, 5.41) is 0.503. The van der Waals surface area contributed by atoms with Crippen molar-refractivity contribution in [3.05, 3.63) is 65.8 Å². The lowest BCUT2D eigenvalue weighted by Gasteiger charge is -2.18. The van der Waals surface area contributed by atoms with E-state index in [0.29, 0.717) is 11.3 Å². The maximum Gasteiger partial charge on any atom is 0.244 e. The van der Waals surface area contributed by atoms with Crippen LogP contribution in [0.15, 0.2) is 69.3 Å². The van der Waals surface area contributed by atoms with Crippen LogP contribution in [-0.4, -0.2) is 42.6 Å². The SMILES string of the molecule is COc1ccc(S(=O)(=O)NC[C@H](c2cccnc2)S(=O)(=O)c2cccs2)c(OC)c1. The van der Waals surface area contributed by atoms with Crippen LogP contribution in [0.4, 0.5) is 0 Å². The van der Waals surface area contributed by atoms with Gasteiger partial charge in [-0.05, 0) is 35.2 Å². The van der Waals surface area contributed by atoms with E-state index in [0.717, 1.165) is 11.3 Å². The smallest absolute Gasteiger partial charge is 0.244 e. The molecule has 0 saturated carbocycles. The summed E-state index contributed by atoms with van der Waals surface area (Å²) in [5.41, 5.74) is 0.385. The molecular formula is C19H20N2O6S3. The van der Waals surface area contributed by atoms with Crippen LogP contribution in [-0.2, 0) is 19.9 Å². The number of nitrogens with one attached hydrogen (secondary N) is 1. The highest BCUT2D eigenvalue weighted by Gasteiger charge is 2.32. The predicted molar refractivity (Wildman–Crippen MR) is 113 cm³/mol. The summed E-state index contributed by atoms with van der Waals surface area (Å²) in [5.74, 6) is 0.514. The number of hydrogen-bond acceptors (Lipinski definition) is 8. The first-order chi connectivity index (χ1) is 14.3. The quantitative estimate of drug-likeness (QED) is 0.514. The van der Waals surface area contributed by atoms with Crippen molar-refractivity contribution in [3.63, 3.8) is 0 Å². The molecule has 1 aromatic carbocycles. The number of ether oxygens (including phenoxy) is 2. The van der Waals surface area contributed by atoms with E-state index in [4.69, 9.17) is 9.47 Å². The summed E-state index contributed by atoms with van der Waals surface area (Å²) in [6.45, 7) is -0.372. The van der Waals surface area contributed by atoms with Gasteiger partial charge in [0, 0.05) is 25.0 Å². The standard InChI is InChI=1S/C19H20N2O6S3/c1-26-15-7-8-17(16(11-15)27-2)30(24,25)21-13-18(14-5-3-9-20-12-14)29(22,23)19-6-4-10-28-19/h3-12,18,21H,13H2,1-2H3/t18-/m1/s1. The van der Waals surface area contributed by atoms with Crippen LogP contribution in [0.2, 0.25) is 0 Å². The molecule has 1 atom stereocenters. The third kappa shape index (κ3) is 4.64. The van der Waals surface area contributed by atoms with E-state index in [9.17, 15) is 16.8 Å². The minimum atomic E-state index is -4.07. The van der Waals surface area contributed by atoms with Crippen molar-refractivity contribution in [2.24, 2.45) is 0 Å². The van der Waals surface area contributed by atoms with Gasteiger partial charge < -0.3 is 9.47 Å². The highest BCUT2D eigenvalue weighted by atomic mass is 32.2. The van der Waals surface area contributed by atoms with E-state index in [2.05, 4.69) is 9.71 Å². The molecule has 0 spiro atoms. The minimum Gasteiger partial charge on any atom is -0.497 e. The Bertz CT molecular complexity index is 1190. The molecule has 2 aromatic heterocycles. The molecule has 0 saturated heterocycles. The van der Waals surface area contributed by atoms with Gasteiger partial charge in [-0.2, -0.15) is 0 Å². The van der Waals surface area contributed by atoms with Gasteiger partial charge in [-0.3, -0.25) is 4.98 Å². The summed E-state index contributed by atoms with van der Waals surface area (Å²) in [4.78, 5) is 3.86. The van der Waals surface area contributed by atoms with E-state index < -0.39 is 25.1 Å². The van der Waals surface area contributed by atoms with E-state index in [1.54, 1.807) is 23.6 Å². The molecule has 1 N–H and O–H groups in total. The molecule has 2 heterocycles. The average Bonchev–Trinajstić information content (AvgIpc) is 3.30. The number of benzene rings is 1. The van der Waals surface area contributed by atoms with Crippen LogP contribution < -0.4 is 14.2 Å². The fraction of sp³-hybridized carbons (Fsp3) is 0.211. The Morgan fingerprint density at radius 3 is 2.47 bits per heavy atom. The first-order valence-corrected chi connectivity index (χ1v) is 12.6. The number of sulfone groups is 1. The monoisotopic (exact) mass is 468 g/mol. The summed E-state index contributed by atoms with van der Waals surface area (Å²) >= 11 is 1.07. The number of hydrogen-bond donors (Lipinski definition) is 1. The second kappa shape index (κ2) is 9.13. The average molecular weight is 469 g/mol. The fourth-order valence-electron chi connectivity index (χ4n) is 2.80. The normalized spacial score (nSPS) is 13.0. The Balaban J connectivity index is 1.95. The van der Waals surface area contributed by atoms with Crippen LogP contribution in [0.5, 0.6) is 11.5 Å². The van der Waals surface area contributed by atoms with E-state index >= 15 is 0 Å². The number of methoxy groups -OCH3 is 2. The van der Waals surface area contributed by atoms with Crippen molar-refractivity contribution in [3.8, 4) is 11.5 Å². The Kier molecular flexibility index (Phi) is 6.76. The Hall–Kier alpha value is -2.47. The van der Waals surface area contributed by atoms with Gasteiger partial charge in [0.15, 0.2) is 9.84 Å². The van der Waals surface area contributed by atoms with Gasteiger partial charge in [0.05, 0.1) is 14.2 Å². The van der Waals surface area contributed by atoms with Gasteiger partial charge in [0.25, 0.3) is 0 Å². The molecule has 3 aromatic rings. The number of nitrogens with zero attached hydrogens (tertiary/aromatic N) is 1. The van der Waals surface area contributed by atoms with Crippen molar-refractivity contribution in [1.29, 1.82) is 0 Å². The maximum atomic E-state index is 13.2. The summed E-state index contributed by atoms with van der Waals surface area (Å²) < 4.78 is 65.0. The van der Waals surface area contributed by atoms with Crippen molar-refractivity contribution in [2.75, 3.05) is 20.8 Å². The lowest BCUT2D eigenvalue weighted by atomic mass is 10.2. The number of pyridine rings is 1. The van der Waals surface area contributed by atoms with E-state index in [1.807, 2.05) is 0 Å². The summed E-state index contributed by atoms with van der Waals surface area (Å²) in [7, 11) is -5.12. The summed E-state index contributed by atoms with van der Waals surface area (Å²) in [6, 6.07) is 10.6. The molecule has 30 heavy (non-hydrogen) atoms. The molecule has 0 radical (unpaired) electrons. The molecule has 11 heteroatoms. The van der Waals surface area contributed by atoms with Crippen LogP contribution in [0.25, 0.3) is 0 Å². The van der Waals surface area contributed by atoms with Crippen LogP contribution >= 0.6 is 11.3 Å². The third-order valence-electron chi connectivity index (χ3n) is 4.33. The molecule has 0 amide bonds. The second-order valence-corrected chi connectivity index (χ2v) is 11.2. The molecular weight excluding hydrogens is 448 g/mol. The van der Waals surface area contributed by atoms with Crippen LogP contribution in [0, 0.1) is 0 Å². The van der Waals surface area contributed by atoms with E-state index in [1.165, 1.54) is 50.9 Å². The molecule has 0 aliphatic heterocycles. The second-order valence-electron chi connectivity index (χ2n) is 6.12. The Morgan fingerprint density at radius 2 is 1.87 bits per heavy atom. The molecule has 0 fully saturated rings. The number of aromatic nitrogens is 1. The largest absolute Gasteiger partial charge is 0.497 e. The molecule has 0 aliphatic rings. The van der Waals surface area contributed by atoms with Crippen molar-refractivity contribution >= 4 is 31.2 Å². The Labute approximate surface area is 179 Å². The molecule has 0 aliphatic carbocycles. The molecule has 0 bridgehead atoms. The van der Waals surface area contributed by atoms with Gasteiger partial charge in [-0.1, -0.05) is 12.1 Å². The summed E-state index contributed by atoms with van der Waals surface area (Å²) in [6.07, 6.45) is 2.93. The van der Waals surface area contributed by atoms with Gasteiger partial charge in [0.1, 0.15) is 25.9 Å². The zero-order chi connectivity index (χ0) is 21.8. The Morgan fingerprint density at radius 1 is 1.07 bits per heavy atom. The van der Waals surface area contributed by atoms with Gasteiger partial charge in [-0.15, -0.1) is 11.3 Å². The fourth-order valence-corrected chi connectivity index (χ4v) is 6.95. The lowest BCUT2D eigenvalue weighted by Crippen LogP contribution is -2.32. The maximum absolute atomic E-state index is 13.2. The molecule has 0 unspecified atom stereocenters. The zero-order valence-electron chi connectivity index (χ0n) is 16.2. The van der Waals surface area contributed by atoms with Crippen molar-refractivity contribution in [1.82, 2.24) is 9.71 Å². The van der Waals surface area contributed by atoms with Crippen LogP contribution in [0.3, 0.4) is 0 Å². The van der Waals surface area contributed by atoms with Gasteiger partial charge in [-0.25, -0.2) is 21.6 Å². The first-order valence-electron chi connectivity index (χ1n) is 8.68. The lowest BCUT2D eigenvalue weighted by molar-refractivity contribution is 0.386. The molecule has 8 nitrogen and oxygen atoms in total. The number of sulfonamides is 1. The highest BCUT2D eigenvalue weighted by Crippen LogP contribution is 2.32. The number of thiophene rings is 1. The minimum absolute atomic E-state index is 0.0842. The topological polar surface area (TPSA) is 112 Å². The van der Waals surface area contributed by atoms with Gasteiger partial charge >= 0.3 is 0 Å². The van der Waals surface area contributed by atoms with Crippen LogP contribution in [0.1, 0.15) is 10.8 Å². The van der Waals surface area contributed by atoms with Crippen molar-refractivity contribution in [2.45, 2.75) is 14.4 Å².